The monoisotopic (exact) mass is 344 g/mol. The van der Waals surface area contributed by atoms with Crippen molar-refractivity contribution in [3.8, 4) is 5.75 Å². The van der Waals surface area contributed by atoms with Gasteiger partial charge in [-0.2, -0.15) is 0 Å². The maximum absolute atomic E-state index is 12.6. The summed E-state index contributed by atoms with van der Waals surface area (Å²) in [6.45, 7) is 3.18. The fourth-order valence-corrected chi connectivity index (χ4v) is 3.70. The topological polar surface area (TPSA) is 49.9 Å². The molecule has 1 fully saturated rings. The number of hydrogen-bond acceptors (Lipinski definition) is 4. The van der Waals surface area contributed by atoms with Gasteiger partial charge in [0.25, 0.3) is 5.91 Å². The van der Waals surface area contributed by atoms with E-state index in [4.69, 9.17) is 4.74 Å². The van der Waals surface area contributed by atoms with Crippen LogP contribution in [-0.4, -0.2) is 48.4 Å². The van der Waals surface area contributed by atoms with Crippen LogP contribution in [-0.2, 0) is 4.79 Å². The summed E-state index contributed by atoms with van der Waals surface area (Å²) >= 11 is 1.45. The quantitative estimate of drug-likeness (QED) is 0.860. The summed E-state index contributed by atoms with van der Waals surface area (Å²) in [6.07, 6.45) is 0. The summed E-state index contributed by atoms with van der Waals surface area (Å²) < 4.78 is 5.20. The molecule has 1 aromatic heterocycles. The average Bonchev–Trinajstić information content (AvgIpc) is 3.15. The van der Waals surface area contributed by atoms with Crippen molar-refractivity contribution in [2.45, 2.75) is 13.0 Å². The van der Waals surface area contributed by atoms with Gasteiger partial charge in [0.15, 0.2) is 0 Å². The number of rotatable bonds is 3. The van der Waals surface area contributed by atoms with Crippen LogP contribution in [0.15, 0.2) is 41.8 Å². The Labute approximate surface area is 145 Å². The molecule has 0 radical (unpaired) electrons. The van der Waals surface area contributed by atoms with Gasteiger partial charge >= 0.3 is 0 Å². The minimum absolute atomic E-state index is 0.0269. The lowest BCUT2D eigenvalue weighted by atomic mass is 10.0. The van der Waals surface area contributed by atoms with Gasteiger partial charge in [0.05, 0.1) is 18.0 Å². The summed E-state index contributed by atoms with van der Waals surface area (Å²) in [5.74, 6) is 0.834. The first-order chi connectivity index (χ1) is 11.6. The molecule has 0 unspecified atom stereocenters. The van der Waals surface area contributed by atoms with Crippen LogP contribution in [0.1, 0.15) is 28.2 Å². The van der Waals surface area contributed by atoms with Crippen LogP contribution in [0.3, 0.4) is 0 Å². The summed E-state index contributed by atoms with van der Waals surface area (Å²) in [4.78, 5) is 29.0. The van der Waals surface area contributed by atoms with E-state index in [1.807, 2.05) is 51.6 Å². The van der Waals surface area contributed by atoms with Gasteiger partial charge < -0.3 is 14.5 Å². The van der Waals surface area contributed by atoms with E-state index in [0.29, 0.717) is 19.6 Å². The SMILES string of the molecule is COc1ccc([C@@H]2CN(C(=O)c3cccs3)CCN2C(C)=O)cc1. The van der Waals surface area contributed by atoms with E-state index >= 15 is 0 Å². The molecule has 6 heteroatoms. The molecular weight excluding hydrogens is 324 g/mol. The van der Waals surface area contributed by atoms with Crippen LogP contribution in [0.5, 0.6) is 5.75 Å². The number of thiophene rings is 1. The molecular formula is C18H20N2O3S. The standard InChI is InChI=1S/C18H20N2O3S/c1-13(21)20-10-9-19(18(22)17-4-3-11-24-17)12-16(20)14-5-7-15(23-2)8-6-14/h3-8,11,16H,9-10,12H2,1-2H3/t16-/m0/s1. The van der Waals surface area contributed by atoms with Gasteiger partial charge in [-0.15, -0.1) is 11.3 Å². The number of piperazine rings is 1. The summed E-state index contributed by atoms with van der Waals surface area (Å²) in [5.41, 5.74) is 1.01. The molecule has 0 spiro atoms. The molecule has 24 heavy (non-hydrogen) atoms. The van der Waals surface area contributed by atoms with Crippen LogP contribution < -0.4 is 4.74 Å². The van der Waals surface area contributed by atoms with Gasteiger partial charge in [-0.25, -0.2) is 0 Å². The first-order valence-electron chi connectivity index (χ1n) is 7.84. The first kappa shape index (κ1) is 16.5. The summed E-state index contributed by atoms with van der Waals surface area (Å²) in [7, 11) is 1.62. The third-order valence-corrected chi connectivity index (χ3v) is 5.16. The van der Waals surface area contributed by atoms with Crippen LogP contribution in [0.4, 0.5) is 0 Å². The van der Waals surface area contributed by atoms with Crippen molar-refractivity contribution < 1.29 is 14.3 Å². The minimum Gasteiger partial charge on any atom is -0.497 e. The zero-order valence-electron chi connectivity index (χ0n) is 13.8. The molecule has 0 saturated carbocycles. The van der Waals surface area contributed by atoms with Gasteiger partial charge in [-0.05, 0) is 29.1 Å². The molecule has 3 rings (SSSR count). The number of carbonyl (C=O) groups excluding carboxylic acids is 2. The Morgan fingerprint density at radius 2 is 1.92 bits per heavy atom. The van der Waals surface area contributed by atoms with Gasteiger partial charge in [-0.3, -0.25) is 9.59 Å². The summed E-state index contributed by atoms with van der Waals surface area (Å²) in [5, 5.41) is 1.90. The number of ether oxygens (including phenoxy) is 1. The highest BCUT2D eigenvalue weighted by atomic mass is 32.1. The van der Waals surface area contributed by atoms with E-state index in [-0.39, 0.29) is 17.9 Å². The molecule has 1 aliphatic rings. The van der Waals surface area contributed by atoms with Crippen molar-refractivity contribution in [1.29, 1.82) is 0 Å². The maximum atomic E-state index is 12.6. The van der Waals surface area contributed by atoms with E-state index in [0.717, 1.165) is 16.2 Å². The molecule has 0 bridgehead atoms. The van der Waals surface area contributed by atoms with E-state index in [2.05, 4.69) is 0 Å². The minimum atomic E-state index is -0.133. The number of benzene rings is 1. The van der Waals surface area contributed by atoms with Gasteiger partial charge in [0.2, 0.25) is 5.91 Å². The Bertz CT molecular complexity index is 712. The summed E-state index contributed by atoms with van der Waals surface area (Å²) in [6, 6.07) is 11.3. The first-order valence-corrected chi connectivity index (χ1v) is 8.72. The Hall–Kier alpha value is -2.34. The van der Waals surface area contributed by atoms with Crippen molar-refractivity contribution >= 4 is 23.2 Å². The normalized spacial score (nSPS) is 17.7. The zero-order chi connectivity index (χ0) is 17.1. The Kier molecular flexibility index (Phi) is 4.85. The molecule has 2 heterocycles. The third-order valence-electron chi connectivity index (χ3n) is 4.30. The third kappa shape index (κ3) is 3.28. The second-order valence-corrected chi connectivity index (χ2v) is 6.68. The number of nitrogens with zero attached hydrogens (tertiary/aromatic N) is 2. The van der Waals surface area contributed by atoms with E-state index < -0.39 is 0 Å². The van der Waals surface area contributed by atoms with Crippen molar-refractivity contribution in [3.05, 3.63) is 52.2 Å². The zero-order valence-corrected chi connectivity index (χ0v) is 14.6. The second kappa shape index (κ2) is 7.05. The number of amides is 2. The van der Waals surface area contributed by atoms with Crippen molar-refractivity contribution in [2.75, 3.05) is 26.7 Å². The van der Waals surface area contributed by atoms with Crippen LogP contribution >= 0.6 is 11.3 Å². The average molecular weight is 344 g/mol. The molecule has 1 saturated heterocycles. The lowest BCUT2D eigenvalue weighted by Gasteiger charge is -2.41. The molecule has 126 valence electrons. The Morgan fingerprint density at radius 3 is 2.50 bits per heavy atom. The largest absolute Gasteiger partial charge is 0.497 e. The molecule has 5 nitrogen and oxygen atoms in total. The smallest absolute Gasteiger partial charge is 0.264 e. The lowest BCUT2D eigenvalue weighted by Crippen LogP contribution is -2.51. The second-order valence-electron chi connectivity index (χ2n) is 5.73. The van der Waals surface area contributed by atoms with Crippen molar-refractivity contribution in [1.82, 2.24) is 9.80 Å². The predicted octanol–water partition coefficient (Wildman–Crippen LogP) is 2.80. The van der Waals surface area contributed by atoms with Gasteiger partial charge in [0.1, 0.15) is 5.75 Å². The number of methoxy groups -OCH3 is 1. The molecule has 1 atom stereocenters. The Balaban J connectivity index is 1.84. The van der Waals surface area contributed by atoms with Crippen LogP contribution in [0, 0.1) is 0 Å². The molecule has 1 aliphatic heterocycles. The molecule has 0 N–H and O–H groups in total. The van der Waals surface area contributed by atoms with Gasteiger partial charge in [-0.1, -0.05) is 18.2 Å². The van der Waals surface area contributed by atoms with Crippen molar-refractivity contribution in [3.63, 3.8) is 0 Å². The predicted molar refractivity (Wildman–Crippen MR) is 93.3 cm³/mol. The maximum Gasteiger partial charge on any atom is 0.264 e. The number of carbonyl (C=O) groups is 2. The molecule has 2 amide bonds. The van der Waals surface area contributed by atoms with E-state index in [1.54, 1.807) is 14.0 Å². The number of hydrogen-bond donors (Lipinski definition) is 0. The van der Waals surface area contributed by atoms with Crippen molar-refractivity contribution in [2.24, 2.45) is 0 Å². The highest BCUT2D eigenvalue weighted by molar-refractivity contribution is 7.12. The Morgan fingerprint density at radius 1 is 1.17 bits per heavy atom. The van der Waals surface area contributed by atoms with E-state index in [1.165, 1.54) is 11.3 Å². The molecule has 0 aliphatic carbocycles. The van der Waals surface area contributed by atoms with Gasteiger partial charge in [0, 0.05) is 26.6 Å². The molecule has 1 aromatic carbocycles. The van der Waals surface area contributed by atoms with Crippen LogP contribution in [0.2, 0.25) is 0 Å². The highest BCUT2D eigenvalue weighted by Gasteiger charge is 2.32. The fourth-order valence-electron chi connectivity index (χ4n) is 3.01. The fraction of sp³-hybridized carbons (Fsp3) is 0.333. The highest BCUT2D eigenvalue weighted by Crippen LogP contribution is 2.28. The van der Waals surface area contributed by atoms with Crippen LogP contribution in [0.25, 0.3) is 0 Å². The van der Waals surface area contributed by atoms with E-state index in [9.17, 15) is 9.59 Å². The molecule has 2 aromatic rings. The lowest BCUT2D eigenvalue weighted by molar-refractivity contribution is -0.133.